The normalized spacial score (nSPS) is 26.5. The Kier molecular flexibility index (Phi) is 5.41. The summed E-state index contributed by atoms with van der Waals surface area (Å²) in [5, 5.41) is 13.0. The van der Waals surface area contributed by atoms with Crippen LogP contribution < -0.4 is 10.6 Å². The lowest BCUT2D eigenvalue weighted by molar-refractivity contribution is -0.146. The number of alkyl halides is 4. The number of nitrogens with one attached hydrogen (secondary N) is 2. The summed E-state index contributed by atoms with van der Waals surface area (Å²) in [6, 6.07) is -1.19. The Bertz CT molecular complexity index is 406. The summed E-state index contributed by atoms with van der Waals surface area (Å²) in [7, 11) is 0. The van der Waals surface area contributed by atoms with Gasteiger partial charge in [0.2, 0.25) is 0 Å². The maximum absolute atomic E-state index is 12.7. The van der Waals surface area contributed by atoms with Crippen LogP contribution in [0.5, 0.6) is 0 Å². The largest absolute Gasteiger partial charge is 0.480 e. The maximum Gasteiger partial charge on any atom is 0.329 e. The number of aliphatic carboxylic acids is 1. The molecule has 122 valence electrons. The third-order valence-corrected chi connectivity index (χ3v) is 3.56. The predicted molar refractivity (Wildman–Crippen MR) is 65.5 cm³/mol. The third kappa shape index (κ3) is 4.47. The number of carbonyl (C=O) groups is 2. The molecule has 5 nitrogen and oxygen atoms in total. The van der Waals surface area contributed by atoms with Gasteiger partial charge in [0.1, 0.15) is 5.54 Å². The lowest BCUT2D eigenvalue weighted by atomic mass is 9.76. The van der Waals surface area contributed by atoms with E-state index in [0.717, 1.165) is 6.42 Å². The van der Waals surface area contributed by atoms with Crippen LogP contribution in [0, 0.1) is 5.92 Å². The van der Waals surface area contributed by atoms with E-state index in [1.165, 1.54) is 0 Å². The first-order valence-corrected chi connectivity index (χ1v) is 6.54. The van der Waals surface area contributed by atoms with Crippen LogP contribution in [0.25, 0.3) is 0 Å². The Morgan fingerprint density at radius 3 is 2.52 bits per heavy atom. The van der Waals surface area contributed by atoms with Crippen LogP contribution in [0.2, 0.25) is 0 Å². The molecule has 1 saturated carbocycles. The molecule has 0 bridgehead atoms. The molecule has 0 aromatic heterocycles. The molecule has 0 aliphatic heterocycles. The predicted octanol–water partition coefficient (Wildman–Crippen LogP) is 2.22. The summed E-state index contributed by atoms with van der Waals surface area (Å²) in [5.41, 5.74) is -1.54. The second-order valence-electron chi connectivity index (χ2n) is 5.46. The van der Waals surface area contributed by atoms with Gasteiger partial charge in [0.15, 0.2) is 0 Å². The average molecular weight is 314 g/mol. The summed E-state index contributed by atoms with van der Waals surface area (Å²) in [5.74, 6) is -5.56. The van der Waals surface area contributed by atoms with Crippen LogP contribution >= 0.6 is 0 Å². The van der Waals surface area contributed by atoms with Crippen molar-refractivity contribution in [2.45, 2.75) is 50.5 Å². The van der Waals surface area contributed by atoms with Crippen molar-refractivity contribution in [3.05, 3.63) is 0 Å². The van der Waals surface area contributed by atoms with E-state index in [4.69, 9.17) is 0 Å². The molecule has 2 atom stereocenters. The summed E-state index contributed by atoms with van der Waals surface area (Å²) in [6.07, 6.45) is -2.18. The number of carboxylic acids is 1. The van der Waals surface area contributed by atoms with Crippen molar-refractivity contribution in [1.82, 2.24) is 10.6 Å². The summed E-state index contributed by atoms with van der Waals surface area (Å²) >= 11 is 0. The molecular formula is C12H18F4N2O3. The third-order valence-electron chi connectivity index (χ3n) is 3.56. The van der Waals surface area contributed by atoms with Crippen LogP contribution in [0.4, 0.5) is 22.4 Å². The van der Waals surface area contributed by atoms with Gasteiger partial charge in [0, 0.05) is 0 Å². The van der Waals surface area contributed by atoms with Crippen molar-refractivity contribution >= 4 is 12.0 Å². The Hall–Kier alpha value is -1.54. The minimum atomic E-state index is -4.35. The maximum atomic E-state index is 12.7. The number of urea groups is 1. The van der Waals surface area contributed by atoms with Crippen molar-refractivity contribution in [1.29, 1.82) is 0 Å². The summed E-state index contributed by atoms with van der Waals surface area (Å²) in [6.45, 7) is 0.267. The van der Waals surface area contributed by atoms with Gasteiger partial charge in [-0.2, -0.15) is 8.78 Å². The van der Waals surface area contributed by atoms with Crippen LogP contribution in [0.15, 0.2) is 0 Å². The minimum Gasteiger partial charge on any atom is -0.480 e. The fourth-order valence-electron chi connectivity index (χ4n) is 2.45. The molecular weight excluding hydrogens is 296 g/mol. The number of amides is 2. The van der Waals surface area contributed by atoms with E-state index in [1.54, 1.807) is 5.32 Å². The van der Waals surface area contributed by atoms with Gasteiger partial charge >= 0.3 is 24.3 Å². The second kappa shape index (κ2) is 6.48. The standard InChI is InChI=1S/C12H18F4N2O3/c1-7-3-2-4-11(5-7,9(19)20)18-10(21)17-6-12(15,16)8(13)14/h7-8H,2-6H2,1H3,(H,19,20)(H2,17,18,21). The van der Waals surface area contributed by atoms with E-state index in [2.05, 4.69) is 5.32 Å². The highest BCUT2D eigenvalue weighted by atomic mass is 19.3. The van der Waals surface area contributed by atoms with Crippen molar-refractivity contribution in [2.24, 2.45) is 5.92 Å². The number of hydrogen-bond acceptors (Lipinski definition) is 2. The molecule has 0 aromatic rings. The Labute approximate surface area is 119 Å². The molecule has 1 rings (SSSR count). The monoisotopic (exact) mass is 314 g/mol. The van der Waals surface area contributed by atoms with Crippen LogP contribution in [-0.4, -0.2) is 41.5 Å². The number of carbonyl (C=O) groups excluding carboxylic acids is 1. The van der Waals surface area contributed by atoms with Crippen molar-refractivity contribution in [3.8, 4) is 0 Å². The van der Waals surface area contributed by atoms with Gasteiger partial charge in [0.05, 0.1) is 6.54 Å². The molecule has 9 heteroatoms. The van der Waals surface area contributed by atoms with Gasteiger partial charge < -0.3 is 15.7 Å². The van der Waals surface area contributed by atoms with Crippen molar-refractivity contribution in [3.63, 3.8) is 0 Å². The van der Waals surface area contributed by atoms with E-state index in [1.807, 2.05) is 6.92 Å². The van der Waals surface area contributed by atoms with Crippen molar-refractivity contribution in [2.75, 3.05) is 6.54 Å². The molecule has 0 heterocycles. The number of hydrogen-bond donors (Lipinski definition) is 3. The highest BCUT2D eigenvalue weighted by Gasteiger charge is 2.44. The molecule has 2 amide bonds. The second-order valence-corrected chi connectivity index (χ2v) is 5.46. The molecule has 3 N–H and O–H groups in total. The molecule has 1 aliphatic rings. The molecule has 0 radical (unpaired) electrons. The van der Waals surface area contributed by atoms with Gasteiger partial charge in [0.25, 0.3) is 0 Å². The molecule has 1 fully saturated rings. The highest BCUT2D eigenvalue weighted by molar-refractivity contribution is 5.86. The number of carboxylic acid groups (broad SMARTS) is 1. The van der Waals surface area contributed by atoms with E-state index in [-0.39, 0.29) is 18.8 Å². The quantitative estimate of drug-likeness (QED) is 0.681. The molecule has 21 heavy (non-hydrogen) atoms. The highest BCUT2D eigenvalue weighted by Crippen LogP contribution is 2.32. The fraction of sp³-hybridized carbons (Fsp3) is 0.833. The van der Waals surface area contributed by atoms with Crippen LogP contribution in [0.3, 0.4) is 0 Å². The Balaban J connectivity index is 2.64. The van der Waals surface area contributed by atoms with Gasteiger partial charge in [-0.1, -0.05) is 19.8 Å². The zero-order chi connectivity index (χ0) is 16.3. The zero-order valence-corrected chi connectivity index (χ0v) is 11.5. The SMILES string of the molecule is CC1CCCC(NC(=O)NCC(F)(F)C(F)F)(C(=O)O)C1. The van der Waals surface area contributed by atoms with Gasteiger partial charge in [-0.15, -0.1) is 0 Å². The topological polar surface area (TPSA) is 78.4 Å². The van der Waals surface area contributed by atoms with Gasteiger partial charge in [-0.05, 0) is 18.8 Å². The first-order valence-electron chi connectivity index (χ1n) is 6.54. The lowest BCUT2D eigenvalue weighted by Gasteiger charge is -2.37. The first kappa shape index (κ1) is 17.5. The van der Waals surface area contributed by atoms with Crippen molar-refractivity contribution < 1.29 is 32.3 Å². The zero-order valence-electron chi connectivity index (χ0n) is 11.5. The van der Waals surface area contributed by atoms with E-state index >= 15 is 0 Å². The molecule has 1 aliphatic carbocycles. The molecule has 0 aromatic carbocycles. The van der Waals surface area contributed by atoms with Crippen LogP contribution in [0.1, 0.15) is 32.6 Å². The minimum absolute atomic E-state index is 0.0534. The fourth-order valence-corrected chi connectivity index (χ4v) is 2.45. The number of rotatable bonds is 5. The number of halogens is 4. The van der Waals surface area contributed by atoms with Gasteiger partial charge in [-0.3, -0.25) is 0 Å². The smallest absolute Gasteiger partial charge is 0.329 e. The molecule has 0 spiro atoms. The summed E-state index contributed by atoms with van der Waals surface area (Å²) in [4.78, 5) is 22.9. The summed E-state index contributed by atoms with van der Waals surface area (Å²) < 4.78 is 49.3. The van der Waals surface area contributed by atoms with Crippen LogP contribution in [-0.2, 0) is 4.79 Å². The molecule has 2 unspecified atom stereocenters. The van der Waals surface area contributed by atoms with Gasteiger partial charge in [-0.25, -0.2) is 18.4 Å². The molecule has 0 saturated heterocycles. The lowest BCUT2D eigenvalue weighted by Crippen LogP contribution is -2.60. The average Bonchev–Trinajstić information content (AvgIpc) is 2.36. The Morgan fingerprint density at radius 1 is 1.43 bits per heavy atom. The van der Waals surface area contributed by atoms with E-state index in [0.29, 0.717) is 6.42 Å². The first-order chi connectivity index (χ1) is 9.59. The van der Waals surface area contributed by atoms with E-state index < -0.39 is 36.4 Å². The van der Waals surface area contributed by atoms with E-state index in [9.17, 15) is 32.3 Å². The Morgan fingerprint density at radius 2 is 2.05 bits per heavy atom.